The zero-order valence-corrected chi connectivity index (χ0v) is 16.0. The van der Waals surface area contributed by atoms with Gasteiger partial charge in [-0.05, 0) is 49.2 Å². The highest BCUT2D eigenvalue weighted by Crippen LogP contribution is 2.25. The number of aryl methyl sites for hydroxylation is 1. The summed E-state index contributed by atoms with van der Waals surface area (Å²) in [4.78, 5) is 12.5. The van der Waals surface area contributed by atoms with E-state index in [1.54, 1.807) is 19.9 Å². The number of carbonyl (C=O) groups excluding carboxylic acids is 1. The van der Waals surface area contributed by atoms with Crippen LogP contribution in [0.2, 0.25) is 0 Å². The molecule has 140 valence electrons. The predicted octanol–water partition coefficient (Wildman–Crippen LogP) is 3.20. The molecule has 0 aliphatic carbocycles. The average Bonchev–Trinajstić information content (AvgIpc) is 2.62. The first kappa shape index (κ1) is 19.9. The van der Waals surface area contributed by atoms with Gasteiger partial charge in [0, 0.05) is 17.8 Å². The van der Waals surface area contributed by atoms with Crippen LogP contribution in [0, 0.1) is 0 Å². The summed E-state index contributed by atoms with van der Waals surface area (Å²) in [6.45, 7) is 6.08. The summed E-state index contributed by atoms with van der Waals surface area (Å²) in [5.41, 5.74) is 2.06. The van der Waals surface area contributed by atoms with Crippen molar-refractivity contribution in [3.63, 3.8) is 0 Å². The Bertz CT molecular complexity index is 862. The third-order valence-electron chi connectivity index (χ3n) is 3.75. The van der Waals surface area contributed by atoms with Crippen molar-refractivity contribution in [2.75, 3.05) is 18.5 Å². The second kappa shape index (κ2) is 8.82. The van der Waals surface area contributed by atoms with Crippen LogP contribution < -0.4 is 14.8 Å². The number of amides is 1. The first-order valence-electron chi connectivity index (χ1n) is 8.58. The zero-order valence-electron chi connectivity index (χ0n) is 15.2. The first-order valence-corrected chi connectivity index (χ1v) is 10.1. The van der Waals surface area contributed by atoms with E-state index in [-0.39, 0.29) is 28.7 Å². The summed E-state index contributed by atoms with van der Waals surface area (Å²) in [5, 5.41) is 2.78. The van der Waals surface area contributed by atoms with Gasteiger partial charge in [0.15, 0.2) is 0 Å². The lowest BCUT2D eigenvalue weighted by Gasteiger charge is -2.13. The van der Waals surface area contributed by atoms with Crippen LogP contribution in [0.15, 0.2) is 47.4 Å². The normalized spacial score (nSPS) is 11.2. The molecule has 2 aromatic carbocycles. The molecule has 0 atom stereocenters. The van der Waals surface area contributed by atoms with Gasteiger partial charge in [0.05, 0.1) is 6.61 Å². The minimum absolute atomic E-state index is 0.0461. The predicted molar refractivity (Wildman–Crippen MR) is 102 cm³/mol. The van der Waals surface area contributed by atoms with Crippen molar-refractivity contribution in [2.24, 2.45) is 0 Å². The Labute approximate surface area is 154 Å². The maximum atomic E-state index is 12.5. The molecule has 1 amide bonds. The summed E-state index contributed by atoms with van der Waals surface area (Å²) in [7, 11) is -3.76. The largest absolute Gasteiger partial charge is 0.492 e. The number of ether oxygens (including phenoxy) is 1. The van der Waals surface area contributed by atoms with Gasteiger partial charge in [0.1, 0.15) is 10.6 Å². The van der Waals surface area contributed by atoms with Gasteiger partial charge in [0.2, 0.25) is 10.0 Å². The van der Waals surface area contributed by atoms with Gasteiger partial charge in [-0.25, -0.2) is 13.1 Å². The van der Waals surface area contributed by atoms with Crippen molar-refractivity contribution in [2.45, 2.75) is 32.1 Å². The van der Waals surface area contributed by atoms with Crippen LogP contribution in [-0.4, -0.2) is 27.5 Å². The van der Waals surface area contributed by atoms with Crippen LogP contribution in [0.1, 0.15) is 36.7 Å². The van der Waals surface area contributed by atoms with Gasteiger partial charge in [-0.15, -0.1) is 0 Å². The molecule has 0 radical (unpaired) electrons. The molecule has 0 aromatic heterocycles. The molecule has 0 unspecified atom stereocenters. The molecular weight excluding hydrogens is 352 g/mol. The second-order valence-corrected chi connectivity index (χ2v) is 7.34. The number of hydrogen-bond donors (Lipinski definition) is 2. The quantitative estimate of drug-likeness (QED) is 0.741. The van der Waals surface area contributed by atoms with Gasteiger partial charge < -0.3 is 10.1 Å². The van der Waals surface area contributed by atoms with E-state index >= 15 is 0 Å². The van der Waals surface area contributed by atoms with Crippen molar-refractivity contribution >= 4 is 21.6 Å². The number of sulfonamides is 1. The van der Waals surface area contributed by atoms with E-state index in [2.05, 4.69) is 17.0 Å². The van der Waals surface area contributed by atoms with Crippen molar-refractivity contribution in [3.05, 3.63) is 53.6 Å². The van der Waals surface area contributed by atoms with Crippen LogP contribution >= 0.6 is 0 Å². The molecule has 0 fully saturated rings. The van der Waals surface area contributed by atoms with Gasteiger partial charge in [-0.3, -0.25) is 4.79 Å². The Morgan fingerprint density at radius 2 is 1.73 bits per heavy atom. The van der Waals surface area contributed by atoms with Crippen LogP contribution in [-0.2, 0) is 16.4 Å². The molecule has 6 nitrogen and oxygen atoms in total. The molecule has 2 N–H and O–H groups in total. The lowest BCUT2D eigenvalue weighted by atomic mass is 10.1. The molecule has 0 saturated carbocycles. The van der Waals surface area contributed by atoms with Gasteiger partial charge >= 0.3 is 0 Å². The van der Waals surface area contributed by atoms with Crippen molar-refractivity contribution in [1.82, 2.24) is 4.72 Å². The van der Waals surface area contributed by atoms with Gasteiger partial charge in [-0.2, -0.15) is 0 Å². The Kier molecular flexibility index (Phi) is 6.76. The number of anilines is 1. The van der Waals surface area contributed by atoms with Crippen LogP contribution in [0.25, 0.3) is 0 Å². The highest BCUT2D eigenvalue weighted by molar-refractivity contribution is 7.89. The van der Waals surface area contributed by atoms with Crippen LogP contribution in [0.5, 0.6) is 5.75 Å². The van der Waals surface area contributed by atoms with Crippen molar-refractivity contribution in [1.29, 1.82) is 0 Å². The summed E-state index contributed by atoms with van der Waals surface area (Å²) < 4.78 is 32.6. The molecule has 0 aliphatic rings. The van der Waals surface area contributed by atoms with E-state index in [9.17, 15) is 13.2 Å². The molecule has 0 aliphatic heterocycles. The minimum atomic E-state index is -3.76. The highest BCUT2D eigenvalue weighted by Gasteiger charge is 2.21. The highest BCUT2D eigenvalue weighted by atomic mass is 32.2. The van der Waals surface area contributed by atoms with Gasteiger partial charge in [-0.1, -0.05) is 26.0 Å². The second-order valence-electron chi connectivity index (χ2n) is 5.60. The Morgan fingerprint density at radius 3 is 2.31 bits per heavy atom. The zero-order chi connectivity index (χ0) is 19.2. The number of carbonyl (C=O) groups is 1. The summed E-state index contributed by atoms with van der Waals surface area (Å²) in [6, 6.07) is 11.9. The monoisotopic (exact) mass is 376 g/mol. The molecule has 0 saturated heterocycles. The molecule has 26 heavy (non-hydrogen) atoms. The average molecular weight is 376 g/mol. The standard InChI is InChI=1S/C19H24N2O4S/c1-4-14-7-10-16(11-8-14)21-19(22)15-9-12-17(25-6-3)18(13-15)26(23,24)20-5-2/h7-13,20H,4-6H2,1-3H3,(H,21,22). The van der Waals surface area contributed by atoms with Gasteiger partial charge in [0.25, 0.3) is 5.91 Å². The molecule has 2 aromatic rings. The maximum Gasteiger partial charge on any atom is 0.255 e. The molecule has 0 bridgehead atoms. The number of rotatable bonds is 8. The van der Waals surface area contributed by atoms with E-state index in [4.69, 9.17) is 4.74 Å². The molecular formula is C19H24N2O4S. The van der Waals surface area contributed by atoms with Crippen LogP contribution in [0.4, 0.5) is 5.69 Å². The first-order chi connectivity index (χ1) is 12.4. The fourth-order valence-electron chi connectivity index (χ4n) is 2.43. The number of benzene rings is 2. The van der Waals surface area contributed by atoms with Crippen molar-refractivity contribution in [3.8, 4) is 5.75 Å². The van der Waals surface area contributed by atoms with Crippen LogP contribution in [0.3, 0.4) is 0 Å². The van der Waals surface area contributed by atoms with E-state index in [0.717, 1.165) is 6.42 Å². The van der Waals surface area contributed by atoms with E-state index in [1.165, 1.54) is 17.7 Å². The van der Waals surface area contributed by atoms with Crippen molar-refractivity contribution < 1.29 is 17.9 Å². The Hall–Kier alpha value is -2.38. The molecule has 7 heteroatoms. The topological polar surface area (TPSA) is 84.5 Å². The summed E-state index contributed by atoms with van der Waals surface area (Å²) in [5.74, 6) is -0.164. The Morgan fingerprint density at radius 1 is 1.04 bits per heavy atom. The molecule has 2 rings (SSSR count). The molecule has 0 heterocycles. The smallest absolute Gasteiger partial charge is 0.255 e. The Balaban J connectivity index is 2.32. The lowest BCUT2D eigenvalue weighted by molar-refractivity contribution is 0.102. The third-order valence-corrected chi connectivity index (χ3v) is 5.32. The van der Waals surface area contributed by atoms with E-state index in [1.807, 2.05) is 24.3 Å². The van der Waals surface area contributed by atoms with E-state index < -0.39 is 10.0 Å². The number of nitrogens with one attached hydrogen (secondary N) is 2. The number of hydrogen-bond acceptors (Lipinski definition) is 4. The minimum Gasteiger partial charge on any atom is -0.492 e. The fraction of sp³-hybridized carbons (Fsp3) is 0.316. The lowest BCUT2D eigenvalue weighted by Crippen LogP contribution is -2.24. The summed E-state index contributed by atoms with van der Waals surface area (Å²) >= 11 is 0. The van der Waals surface area contributed by atoms with E-state index in [0.29, 0.717) is 12.3 Å². The fourth-order valence-corrected chi connectivity index (χ4v) is 3.64. The molecule has 0 spiro atoms. The maximum absolute atomic E-state index is 12.5. The third kappa shape index (κ3) is 4.83. The SMILES string of the molecule is CCNS(=O)(=O)c1cc(C(=O)Nc2ccc(CC)cc2)ccc1OCC. The summed E-state index contributed by atoms with van der Waals surface area (Å²) in [6.07, 6.45) is 0.915.